The summed E-state index contributed by atoms with van der Waals surface area (Å²) < 4.78 is 10.2. The first-order chi connectivity index (χ1) is 10.9. The van der Waals surface area contributed by atoms with Crippen molar-refractivity contribution in [1.29, 1.82) is 0 Å². The number of hydrogen-bond acceptors (Lipinski definition) is 5. The van der Waals surface area contributed by atoms with Crippen LogP contribution in [0.3, 0.4) is 0 Å². The molecule has 1 unspecified atom stereocenters. The first-order valence-corrected chi connectivity index (χ1v) is 8.26. The van der Waals surface area contributed by atoms with E-state index in [1.54, 1.807) is 12.1 Å². The second kappa shape index (κ2) is 10.1. The van der Waals surface area contributed by atoms with Crippen LogP contribution in [0.5, 0.6) is 11.5 Å². The van der Waals surface area contributed by atoms with E-state index in [4.69, 9.17) is 15.2 Å². The summed E-state index contributed by atoms with van der Waals surface area (Å²) in [6, 6.07) is 4.65. The number of carbonyl (C=O) groups is 1. The maximum absolute atomic E-state index is 11.8. The molecule has 0 aliphatic rings. The third kappa shape index (κ3) is 7.37. The number of hydrogen-bond donors (Lipinski definition) is 2. The number of esters is 1. The van der Waals surface area contributed by atoms with Gasteiger partial charge >= 0.3 is 5.97 Å². The van der Waals surface area contributed by atoms with Gasteiger partial charge in [0.25, 0.3) is 0 Å². The lowest BCUT2D eigenvalue weighted by Crippen LogP contribution is -2.18. The molecule has 0 aliphatic heterocycles. The highest BCUT2D eigenvalue weighted by Crippen LogP contribution is 2.28. The van der Waals surface area contributed by atoms with Crippen LogP contribution in [0.1, 0.15) is 64.2 Å². The average molecular weight is 323 g/mol. The summed E-state index contributed by atoms with van der Waals surface area (Å²) >= 11 is 0. The van der Waals surface area contributed by atoms with Crippen LogP contribution in [-0.4, -0.2) is 18.2 Å². The second-order valence-electron chi connectivity index (χ2n) is 6.19. The Morgan fingerprint density at radius 3 is 2.57 bits per heavy atom. The fraction of sp³-hybridized carbons (Fsp3) is 0.611. The molecule has 23 heavy (non-hydrogen) atoms. The SMILES string of the molecule is COc1cc(C(N)OC(=O)CCCCCCC(C)C)ccc1O. The summed E-state index contributed by atoms with van der Waals surface area (Å²) in [6.45, 7) is 4.44. The minimum absolute atomic E-state index is 0.0242. The molecular formula is C18H29NO4. The van der Waals surface area contributed by atoms with Crippen LogP contribution >= 0.6 is 0 Å². The van der Waals surface area contributed by atoms with Gasteiger partial charge in [0.05, 0.1) is 7.11 Å². The van der Waals surface area contributed by atoms with E-state index in [9.17, 15) is 9.90 Å². The van der Waals surface area contributed by atoms with E-state index < -0.39 is 6.23 Å². The fourth-order valence-corrected chi connectivity index (χ4v) is 2.32. The lowest BCUT2D eigenvalue weighted by atomic mass is 10.0. The fourth-order valence-electron chi connectivity index (χ4n) is 2.32. The van der Waals surface area contributed by atoms with Crippen molar-refractivity contribution < 1.29 is 19.4 Å². The van der Waals surface area contributed by atoms with Crippen molar-refractivity contribution in [2.45, 2.75) is 58.6 Å². The van der Waals surface area contributed by atoms with Crippen molar-refractivity contribution in [2.24, 2.45) is 11.7 Å². The van der Waals surface area contributed by atoms with Gasteiger partial charge in [0.2, 0.25) is 0 Å². The summed E-state index contributed by atoms with van der Waals surface area (Å²) in [6.07, 6.45) is 4.97. The molecule has 130 valence electrons. The van der Waals surface area contributed by atoms with Gasteiger partial charge in [0, 0.05) is 12.0 Å². The van der Waals surface area contributed by atoms with Crippen molar-refractivity contribution in [3.8, 4) is 11.5 Å². The van der Waals surface area contributed by atoms with Gasteiger partial charge in [-0.25, -0.2) is 0 Å². The molecule has 1 aromatic carbocycles. The lowest BCUT2D eigenvalue weighted by Gasteiger charge is -2.15. The normalized spacial score (nSPS) is 12.2. The number of benzene rings is 1. The Morgan fingerprint density at radius 1 is 1.22 bits per heavy atom. The molecule has 5 heteroatoms. The summed E-state index contributed by atoms with van der Waals surface area (Å²) in [5, 5.41) is 9.55. The molecule has 0 radical (unpaired) electrons. The van der Waals surface area contributed by atoms with Gasteiger partial charge in [-0.05, 0) is 30.5 Å². The number of ether oxygens (including phenoxy) is 2. The van der Waals surface area contributed by atoms with E-state index in [0.717, 1.165) is 25.2 Å². The zero-order valence-electron chi connectivity index (χ0n) is 14.4. The van der Waals surface area contributed by atoms with Gasteiger partial charge in [-0.3, -0.25) is 10.5 Å². The summed E-state index contributed by atoms with van der Waals surface area (Å²) in [5.74, 6) is 0.768. The highest BCUT2D eigenvalue weighted by atomic mass is 16.6. The quantitative estimate of drug-likeness (QED) is 0.388. The summed E-state index contributed by atoms with van der Waals surface area (Å²) in [7, 11) is 1.45. The van der Waals surface area contributed by atoms with Gasteiger partial charge in [0.1, 0.15) is 0 Å². The first kappa shape index (κ1) is 19.3. The summed E-state index contributed by atoms with van der Waals surface area (Å²) in [5.41, 5.74) is 6.46. The molecule has 1 rings (SSSR count). The van der Waals surface area contributed by atoms with Gasteiger partial charge < -0.3 is 14.6 Å². The monoisotopic (exact) mass is 323 g/mol. The molecule has 0 amide bonds. The van der Waals surface area contributed by atoms with Crippen LogP contribution in [0.25, 0.3) is 0 Å². The van der Waals surface area contributed by atoms with Crippen LogP contribution in [0.4, 0.5) is 0 Å². The molecular weight excluding hydrogens is 294 g/mol. The molecule has 0 saturated heterocycles. The molecule has 0 spiro atoms. The maximum Gasteiger partial charge on any atom is 0.307 e. The number of unbranched alkanes of at least 4 members (excludes halogenated alkanes) is 3. The highest BCUT2D eigenvalue weighted by molar-refractivity contribution is 5.69. The molecule has 1 atom stereocenters. The molecule has 3 N–H and O–H groups in total. The van der Waals surface area contributed by atoms with Crippen LogP contribution in [0.15, 0.2) is 18.2 Å². The Kier molecular flexibility index (Phi) is 8.48. The maximum atomic E-state index is 11.8. The number of carbonyl (C=O) groups excluding carboxylic acids is 1. The zero-order valence-corrected chi connectivity index (χ0v) is 14.4. The van der Waals surface area contributed by atoms with Crippen molar-refractivity contribution in [3.05, 3.63) is 23.8 Å². The van der Waals surface area contributed by atoms with Gasteiger partial charge in [-0.15, -0.1) is 0 Å². The first-order valence-electron chi connectivity index (χ1n) is 8.26. The third-order valence-corrected chi connectivity index (χ3v) is 3.70. The average Bonchev–Trinajstić information content (AvgIpc) is 2.50. The molecule has 0 heterocycles. The Labute approximate surface area is 138 Å². The van der Waals surface area contributed by atoms with E-state index >= 15 is 0 Å². The lowest BCUT2D eigenvalue weighted by molar-refractivity contribution is -0.149. The number of aromatic hydroxyl groups is 1. The van der Waals surface area contributed by atoms with Crippen molar-refractivity contribution >= 4 is 5.97 Å². The summed E-state index contributed by atoms with van der Waals surface area (Å²) in [4.78, 5) is 11.8. The number of phenolic OH excluding ortho intramolecular Hbond substituents is 1. The molecule has 0 aliphatic carbocycles. The predicted octanol–water partition coefficient (Wildman–Crippen LogP) is 3.90. The smallest absolute Gasteiger partial charge is 0.307 e. The Hall–Kier alpha value is -1.75. The molecule has 0 fully saturated rings. The molecule has 0 bridgehead atoms. The topological polar surface area (TPSA) is 81.8 Å². The minimum atomic E-state index is -0.849. The number of rotatable bonds is 10. The van der Waals surface area contributed by atoms with E-state index in [-0.39, 0.29) is 11.7 Å². The standard InChI is InChI=1S/C18H29NO4/c1-13(2)8-6-4-5-7-9-17(21)23-18(19)14-10-11-15(20)16(12-14)22-3/h10-13,18,20H,4-9,19H2,1-3H3. The zero-order chi connectivity index (χ0) is 17.2. The van der Waals surface area contributed by atoms with Gasteiger partial charge in [-0.2, -0.15) is 0 Å². The van der Waals surface area contributed by atoms with Gasteiger partial charge in [0.15, 0.2) is 17.7 Å². The number of methoxy groups -OCH3 is 1. The van der Waals surface area contributed by atoms with Crippen LogP contribution in [-0.2, 0) is 9.53 Å². The van der Waals surface area contributed by atoms with Crippen LogP contribution in [0.2, 0.25) is 0 Å². The third-order valence-electron chi connectivity index (χ3n) is 3.70. The molecule has 0 aromatic heterocycles. The highest BCUT2D eigenvalue weighted by Gasteiger charge is 2.14. The minimum Gasteiger partial charge on any atom is -0.504 e. The van der Waals surface area contributed by atoms with Crippen molar-refractivity contribution in [3.63, 3.8) is 0 Å². The Morgan fingerprint density at radius 2 is 1.91 bits per heavy atom. The Bertz CT molecular complexity index is 488. The van der Waals surface area contributed by atoms with Gasteiger partial charge in [-0.1, -0.05) is 39.5 Å². The Balaban J connectivity index is 2.31. The predicted molar refractivity (Wildman–Crippen MR) is 90.2 cm³/mol. The molecule has 5 nitrogen and oxygen atoms in total. The molecule has 1 aromatic rings. The van der Waals surface area contributed by atoms with E-state index in [0.29, 0.717) is 17.7 Å². The largest absolute Gasteiger partial charge is 0.504 e. The van der Waals surface area contributed by atoms with E-state index in [2.05, 4.69) is 13.8 Å². The number of nitrogens with two attached hydrogens (primary N) is 1. The second-order valence-corrected chi connectivity index (χ2v) is 6.19. The van der Waals surface area contributed by atoms with E-state index in [1.807, 2.05) is 0 Å². The van der Waals surface area contributed by atoms with Crippen molar-refractivity contribution in [1.82, 2.24) is 0 Å². The van der Waals surface area contributed by atoms with E-state index in [1.165, 1.54) is 26.0 Å². The van der Waals surface area contributed by atoms with Crippen molar-refractivity contribution in [2.75, 3.05) is 7.11 Å². The van der Waals surface area contributed by atoms with Crippen LogP contribution < -0.4 is 10.5 Å². The van der Waals surface area contributed by atoms with Crippen LogP contribution in [0, 0.1) is 5.92 Å². The molecule has 0 saturated carbocycles. The number of phenols is 1.